The molecular formula is C23H45NO3Si2. The lowest BCUT2D eigenvalue weighted by Gasteiger charge is -2.36. The summed E-state index contributed by atoms with van der Waals surface area (Å²) in [6, 6.07) is 11.7. The summed E-state index contributed by atoms with van der Waals surface area (Å²) in [6.45, 7) is 21.2. The molecule has 0 fully saturated rings. The van der Waals surface area contributed by atoms with E-state index in [4.69, 9.17) is 13.3 Å². The summed E-state index contributed by atoms with van der Waals surface area (Å²) in [6.07, 6.45) is 2.19. The molecule has 0 bridgehead atoms. The highest BCUT2D eigenvalue weighted by molar-refractivity contribution is 6.63. The van der Waals surface area contributed by atoms with Crippen molar-refractivity contribution < 1.29 is 13.3 Å². The monoisotopic (exact) mass is 439 g/mol. The van der Waals surface area contributed by atoms with Crippen molar-refractivity contribution in [2.24, 2.45) is 0 Å². The fourth-order valence-electron chi connectivity index (χ4n) is 3.27. The van der Waals surface area contributed by atoms with Crippen LogP contribution in [0.5, 0.6) is 0 Å². The van der Waals surface area contributed by atoms with Gasteiger partial charge in [0.25, 0.3) is 0 Å². The maximum absolute atomic E-state index is 6.49. The highest BCUT2D eigenvalue weighted by Gasteiger charge is 2.42. The predicted octanol–water partition coefficient (Wildman–Crippen LogP) is 5.51. The van der Waals surface area contributed by atoms with E-state index in [1.54, 1.807) is 0 Å². The smallest absolute Gasteiger partial charge is 0.374 e. The lowest BCUT2D eigenvalue weighted by atomic mass is 10.0. The van der Waals surface area contributed by atoms with Crippen LogP contribution >= 0.6 is 0 Å². The summed E-state index contributed by atoms with van der Waals surface area (Å²) in [7, 11) is -3.49. The van der Waals surface area contributed by atoms with E-state index in [0.717, 1.165) is 32.0 Å². The third-order valence-corrected chi connectivity index (χ3v) is 10.8. The van der Waals surface area contributed by atoms with E-state index in [-0.39, 0.29) is 11.3 Å². The number of hydrogen-bond acceptors (Lipinski definition) is 4. The minimum atomic E-state index is -2.60. The van der Waals surface area contributed by atoms with Crippen molar-refractivity contribution in [3.8, 4) is 0 Å². The van der Waals surface area contributed by atoms with Crippen molar-refractivity contribution >= 4 is 17.6 Å². The molecule has 0 N–H and O–H groups in total. The van der Waals surface area contributed by atoms with Crippen LogP contribution in [-0.2, 0) is 19.8 Å². The summed E-state index contributed by atoms with van der Waals surface area (Å²) < 4.78 is 18.8. The van der Waals surface area contributed by atoms with Gasteiger partial charge in [-0.2, -0.15) is 0 Å². The van der Waals surface area contributed by atoms with Crippen LogP contribution in [0.25, 0.3) is 0 Å². The molecule has 0 amide bonds. The summed E-state index contributed by atoms with van der Waals surface area (Å²) in [4.78, 5) is 2.57. The molecule has 1 unspecified atom stereocenters. The Kier molecular flexibility index (Phi) is 11.9. The SMILES string of the molecule is CCO[Si](CCCCN(Cc1ccccc1)C(C)(C)C)(OCC)OC(C)[SiH](C)C. The van der Waals surface area contributed by atoms with Crippen LogP contribution < -0.4 is 0 Å². The average molecular weight is 440 g/mol. The zero-order valence-corrected chi connectivity index (χ0v) is 22.3. The fraction of sp³-hybridized carbons (Fsp3) is 0.739. The van der Waals surface area contributed by atoms with E-state index in [0.29, 0.717) is 13.2 Å². The van der Waals surface area contributed by atoms with Gasteiger partial charge >= 0.3 is 8.80 Å². The van der Waals surface area contributed by atoms with Gasteiger partial charge in [0.15, 0.2) is 0 Å². The number of nitrogens with zero attached hydrogens (tertiary/aromatic N) is 1. The Morgan fingerprint density at radius 2 is 1.59 bits per heavy atom. The van der Waals surface area contributed by atoms with Crippen LogP contribution in [0.1, 0.15) is 59.9 Å². The average Bonchev–Trinajstić information content (AvgIpc) is 2.64. The molecule has 0 aliphatic rings. The quantitative estimate of drug-likeness (QED) is 0.282. The van der Waals surface area contributed by atoms with Gasteiger partial charge in [-0.3, -0.25) is 4.90 Å². The molecule has 1 aromatic carbocycles. The van der Waals surface area contributed by atoms with Gasteiger partial charge in [-0.05, 0) is 66.5 Å². The molecule has 0 aliphatic carbocycles. The minimum Gasteiger partial charge on any atom is -0.374 e. The van der Waals surface area contributed by atoms with Crippen LogP contribution in [0.2, 0.25) is 19.1 Å². The van der Waals surface area contributed by atoms with Crippen LogP contribution in [0.3, 0.4) is 0 Å². The van der Waals surface area contributed by atoms with Gasteiger partial charge in [-0.25, -0.2) is 0 Å². The second kappa shape index (κ2) is 13.0. The van der Waals surface area contributed by atoms with Crippen LogP contribution in [0.4, 0.5) is 0 Å². The Labute approximate surface area is 182 Å². The molecule has 4 nitrogen and oxygen atoms in total. The molecule has 0 saturated carbocycles. The maximum Gasteiger partial charge on any atom is 0.500 e. The molecule has 1 rings (SSSR count). The van der Waals surface area contributed by atoms with Crippen molar-refractivity contribution in [3.05, 3.63) is 35.9 Å². The van der Waals surface area contributed by atoms with Crippen molar-refractivity contribution in [2.75, 3.05) is 19.8 Å². The van der Waals surface area contributed by atoms with Gasteiger partial charge in [-0.1, -0.05) is 43.4 Å². The van der Waals surface area contributed by atoms with Gasteiger partial charge in [0, 0.05) is 37.1 Å². The van der Waals surface area contributed by atoms with Crippen molar-refractivity contribution in [1.29, 1.82) is 0 Å². The number of hydrogen-bond donors (Lipinski definition) is 0. The highest BCUT2D eigenvalue weighted by atomic mass is 28.4. The first kappa shape index (κ1) is 26.5. The Morgan fingerprint density at radius 1 is 1.00 bits per heavy atom. The summed E-state index contributed by atoms with van der Waals surface area (Å²) >= 11 is 0. The van der Waals surface area contributed by atoms with E-state index >= 15 is 0 Å². The standard InChI is InChI=1S/C23H45NO3Si2/c1-9-25-29(26-10-2,27-21(3)28(7)8)19-15-14-18-24(23(4,5)6)20-22-16-12-11-13-17-22/h11-13,16-17,21,28H,9-10,14-15,18-20H2,1-8H3. The lowest BCUT2D eigenvalue weighted by Crippen LogP contribution is -2.50. The van der Waals surface area contributed by atoms with Gasteiger partial charge in [-0.15, -0.1) is 0 Å². The Morgan fingerprint density at radius 3 is 2.07 bits per heavy atom. The third kappa shape index (κ3) is 9.90. The molecular weight excluding hydrogens is 394 g/mol. The number of benzene rings is 1. The van der Waals surface area contributed by atoms with Crippen molar-refractivity contribution in [2.45, 2.75) is 91.3 Å². The maximum atomic E-state index is 6.49. The Balaban J connectivity index is 2.70. The normalized spacial score (nSPS) is 14.0. The first-order valence-corrected chi connectivity index (χ1v) is 16.3. The molecule has 1 aromatic rings. The largest absolute Gasteiger partial charge is 0.500 e. The van der Waals surface area contributed by atoms with E-state index < -0.39 is 17.6 Å². The number of unbranched alkanes of at least 4 members (excludes halogenated alkanes) is 1. The van der Waals surface area contributed by atoms with Crippen LogP contribution in [-0.4, -0.2) is 53.5 Å². The fourth-order valence-corrected chi connectivity index (χ4v) is 7.74. The zero-order valence-electron chi connectivity index (χ0n) is 20.2. The third-order valence-electron chi connectivity index (χ3n) is 5.36. The molecule has 0 radical (unpaired) electrons. The Bertz CT molecular complexity index is 543. The van der Waals surface area contributed by atoms with E-state index in [9.17, 15) is 0 Å². The molecule has 0 spiro atoms. The van der Waals surface area contributed by atoms with E-state index in [1.165, 1.54) is 5.56 Å². The number of rotatable bonds is 14. The molecule has 0 aromatic heterocycles. The molecule has 29 heavy (non-hydrogen) atoms. The molecule has 0 heterocycles. The Hall–Kier alpha value is -0.506. The molecule has 6 heteroatoms. The van der Waals surface area contributed by atoms with Crippen molar-refractivity contribution in [1.82, 2.24) is 4.90 Å². The molecule has 0 saturated heterocycles. The minimum absolute atomic E-state index is 0.137. The van der Waals surface area contributed by atoms with Gasteiger partial charge in [0.05, 0.1) is 8.80 Å². The molecule has 168 valence electrons. The topological polar surface area (TPSA) is 30.9 Å². The van der Waals surface area contributed by atoms with E-state index in [2.05, 4.69) is 76.0 Å². The summed E-state index contributed by atoms with van der Waals surface area (Å²) in [5.74, 6) is 0. The predicted molar refractivity (Wildman–Crippen MR) is 129 cm³/mol. The first-order valence-electron chi connectivity index (χ1n) is 11.4. The second-order valence-corrected chi connectivity index (χ2v) is 15.3. The lowest BCUT2D eigenvalue weighted by molar-refractivity contribution is 0.0577. The van der Waals surface area contributed by atoms with Gasteiger partial charge in [0.2, 0.25) is 0 Å². The molecule has 0 aliphatic heterocycles. The van der Waals surface area contributed by atoms with Crippen LogP contribution in [0, 0.1) is 0 Å². The van der Waals surface area contributed by atoms with Crippen molar-refractivity contribution in [3.63, 3.8) is 0 Å². The second-order valence-electron chi connectivity index (χ2n) is 9.15. The molecule has 1 atom stereocenters. The van der Waals surface area contributed by atoms with Gasteiger partial charge in [0.1, 0.15) is 0 Å². The van der Waals surface area contributed by atoms with Crippen LogP contribution in [0.15, 0.2) is 30.3 Å². The van der Waals surface area contributed by atoms with Gasteiger partial charge < -0.3 is 13.3 Å². The highest BCUT2D eigenvalue weighted by Crippen LogP contribution is 2.24. The summed E-state index contributed by atoms with van der Waals surface area (Å²) in [5.41, 5.74) is 1.79. The summed E-state index contributed by atoms with van der Waals surface area (Å²) in [5, 5.41) is 0. The zero-order chi connectivity index (χ0) is 21.9. The van der Waals surface area contributed by atoms with E-state index in [1.807, 2.05) is 13.8 Å². The first-order chi connectivity index (χ1) is 13.6.